The summed E-state index contributed by atoms with van der Waals surface area (Å²) in [5.41, 5.74) is 3.41. The number of nitrogens with one attached hydrogen (secondary N) is 1. The molecule has 0 atom stereocenters. The molecule has 2 aromatic carbocycles. The molecule has 2 aromatic rings. The fraction of sp³-hybridized carbons (Fsp3) is 0.278. The van der Waals surface area contributed by atoms with E-state index in [-0.39, 0.29) is 5.75 Å². The van der Waals surface area contributed by atoms with Gasteiger partial charge in [0.1, 0.15) is 5.75 Å². The third-order valence-electron chi connectivity index (χ3n) is 3.63. The lowest BCUT2D eigenvalue weighted by Crippen LogP contribution is -2.24. The van der Waals surface area contributed by atoms with Crippen LogP contribution in [0.1, 0.15) is 23.6 Å². The van der Waals surface area contributed by atoms with Crippen molar-refractivity contribution in [2.24, 2.45) is 0 Å². The van der Waals surface area contributed by atoms with E-state index in [0.717, 1.165) is 23.1 Å². The van der Waals surface area contributed by atoms with Crippen LogP contribution in [0.4, 0.5) is 5.69 Å². The molecule has 0 unspecified atom stereocenters. The van der Waals surface area contributed by atoms with Gasteiger partial charge >= 0.3 is 0 Å². The van der Waals surface area contributed by atoms with Gasteiger partial charge in [-0.2, -0.15) is 0 Å². The summed E-state index contributed by atoms with van der Waals surface area (Å²) in [6.07, 6.45) is 0.916. The molecule has 0 spiro atoms. The van der Waals surface area contributed by atoms with Crippen LogP contribution in [0.3, 0.4) is 0 Å². The summed E-state index contributed by atoms with van der Waals surface area (Å²) in [6, 6.07) is 14.7. The summed E-state index contributed by atoms with van der Waals surface area (Å²) in [4.78, 5) is 12.0. The Kier molecular flexibility index (Phi) is 5.55. The molecule has 0 radical (unpaired) electrons. The molecule has 0 heterocycles. The first kappa shape index (κ1) is 17.2. The summed E-state index contributed by atoms with van der Waals surface area (Å²) in [6.45, 7) is 3.91. The molecule has 0 aliphatic rings. The van der Waals surface area contributed by atoms with Crippen molar-refractivity contribution in [1.29, 1.82) is 0 Å². The van der Waals surface area contributed by atoms with E-state index in [1.54, 1.807) is 24.3 Å². The second-order valence-electron chi connectivity index (χ2n) is 5.56. The molecule has 0 aliphatic carbocycles. The molecule has 0 saturated carbocycles. The Morgan fingerprint density at radius 2 is 1.70 bits per heavy atom. The topological polar surface area (TPSA) is 63.2 Å². The maximum Gasteiger partial charge on any atom is 0.239 e. The summed E-state index contributed by atoms with van der Waals surface area (Å²) in [7, 11) is -3.50. The fourth-order valence-electron chi connectivity index (χ4n) is 2.28. The number of hydrogen-bond acceptors (Lipinski definition) is 3. The molecule has 4 nitrogen and oxygen atoms in total. The third kappa shape index (κ3) is 5.21. The molecule has 1 amide bonds. The fourth-order valence-corrected chi connectivity index (χ4v) is 3.65. The van der Waals surface area contributed by atoms with Crippen molar-refractivity contribution in [3.8, 4) is 0 Å². The van der Waals surface area contributed by atoms with Crippen molar-refractivity contribution in [1.82, 2.24) is 0 Å². The Hall–Kier alpha value is -2.14. The molecule has 0 saturated heterocycles. The largest absolute Gasteiger partial charge is 0.325 e. The monoisotopic (exact) mass is 331 g/mol. The molecule has 0 bridgehead atoms. The van der Waals surface area contributed by atoms with Crippen LogP contribution in [-0.2, 0) is 26.8 Å². The number of anilines is 1. The van der Waals surface area contributed by atoms with Crippen molar-refractivity contribution < 1.29 is 13.2 Å². The van der Waals surface area contributed by atoms with Crippen LogP contribution >= 0.6 is 0 Å². The Bertz CT molecular complexity index is 780. The molecule has 0 fully saturated rings. The molecule has 1 N–H and O–H groups in total. The first-order valence-electron chi connectivity index (χ1n) is 7.53. The highest BCUT2D eigenvalue weighted by atomic mass is 32.2. The van der Waals surface area contributed by atoms with Crippen LogP contribution < -0.4 is 5.32 Å². The van der Waals surface area contributed by atoms with Crippen molar-refractivity contribution in [3.63, 3.8) is 0 Å². The number of carbonyl (C=O) groups is 1. The Morgan fingerprint density at radius 1 is 1.04 bits per heavy atom. The summed E-state index contributed by atoms with van der Waals surface area (Å²) < 4.78 is 24.4. The second kappa shape index (κ2) is 7.42. The zero-order valence-corrected chi connectivity index (χ0v) is 14.2. The zero-order valence-electron chi connectivity index (χ0n) is 13.4. The van der Waals surface area contributed by atoms with Gasteiger partial charge in [-0.25, -0.2) is 8.42 Å². The van der Waals surface area contributed by atoms with E-state index >= 15 is 0 Å². The number of sulfone groups is 1. The first-order chi connectivity index (χ1) is 10.9. The minimum Gasteiger partial charge on any atom is -0.325 e. The third-order valence-corrected chi connectivity index (χ3v) is 5.09. The highest BCUT2D eigenvalue weighted by Crippen LogP contribution is 2.13. The van der Waals surface area contributed by atoms with E-state index in [1.165, 1.54) is 0 Å². The number of rotatable bonds is 6. The highest BCUT2D eigenvalue weighted by Gasteiger charge is 2.18. The van der Waals surface area contributed by atoms with Crippen LogP contribution in [0, 0.1) is 6.92 Å². The average Bonchev–Trinajstić information content (AvgIpc) is 2.49. The Labute approximate surface area is 137 Å². The molecule has 0 aliphatic heterocycles. The predicted octanol–water partition coefficient (Wildman–Crippen LogP) is 3.11. The van der Waals surface area contributed by atoms with E-state index in [1.807, 2.05) is 38.1 Å². The van der Waals surface area contributed by atoms with Crippen LogP contribution in [0.2, 0.25) is 0 Å². The normalized spacial score (nSPS) is 11.2. The number of hydrogen-bond donors (Lipinski definition) is 1. The van der Waals surface area contributed by atoms with Crippen LogP contribution in [0.25, 0.3) is 0 Å². The summed E-state index contributed by atoms with van der Waals surface area (Å²) in [5, 5.41) is 2.63. The SMILES string of the molecule is CCc1ccc(NC(=O)CS(=O)(=O)Cc2ccccc2C)cc1. The average molecular weight is 331 g/mol. The Balaban J connectivity index is 1.99. The minimum atomic E-state index is -3.50. The smallest absolute Gasteiger partial charge is 0.239 e. The van der Waals surface area contributed by atoms with E-state index in [4.69, 9.17) is 0 Å². The van der Waals surface area contributed by atoms with Gasteiger partial charge in [-0.05, 0) is 42.2 Å². The molecular formula is C18H21NO3S. The van der Waals surface area contributed by atoms with Gasteiger partial charge in [-0.3, -0.25) is 4.79 Å². The maximum atomic E-state index is 12.2. The standard InChI is InChI=1S/C18H21NO3S/c1-3-15-8-10-17(11-9-15)19-18(20)13-23(21,22)12-16-7-5-4-6-14(16)2/h4-11H,3,12-13H2,1-2H3,(H,19,20). The molecule has 5 heteroatoms. The van der Waals surface area contributed by atoms with Gasteiger partial charge in [0.2, 0.25) is 5.91 Å². The zero-order chi connectivity index (χ0) is 16.9. The van der Waals surface area contributed by atoms with Crippen molar-refractivity contribution in [3.05, 3.63) is 65.2 Å². The van der Waals surface area contributed by atoms with Gasteiger partial charge in [0, 0.05) is 5.69 Å². The van der Waals surface area contributed by atoms with Crippen molar-refractivity contribution in [2.45, 2.75) is 26.0 Å². The first-order valence-corrected chi connectivity index (χ1v) is 9.35. The van der Waals surface area contributed by atoms with Gasteiger partial charge in [-0.15, -0.1) is 0 Å². The number of benzene rings is 2. The minimum absolute atomic E-state index is 0.123. The summed E-state index contributed by atoms with van der Waals surface area (Å²) in [5.74, 6) is -1.15. The molecule has 0 aromatic heterocycles. The highest BCUT2D eigenvalue weighted by molar-refractivity contribution is 7.91. The van der Waals surface area contributed by atoms with E-state index in [9.17, 15) is 13.2 Å². The summed E-state index contributed by atoms with van der Waals surface area (Å²) >= 11 is 0. The lowest BCUT2D eigenvalue weighted by Gasteiger charge is -2.08. The lowest BCUT2D eigenvalue weighted by molar-refractivity contribution is -0.113. The van der Waals surface area contributed by atoms with E-state index < -0.39 is 21.5 Å². The molecule has 2 rings (SSSR count). The van der Waals surface area contributed by atoms with E-state index in [2.05, 4.69) is 5.32 Å². The van der Waals surface area contributed by atoms with Gasteiger partial charge in [0.25, 0.3) is 0 Å². The van der Waals surface area contributed by atoms with Crippen molar-refractivity contribution >= 4 is 21.4 Å². The molecule has 23 heavy (non-hydrogen) atoms. The van der Waals surface area contributed by atoms with Crippen molar-refractivity contribution in [2.75, 3.05) is 11.1 Å². The number of amides is 1. The van der Waals surface area contributed by atoms with Gasteiger partial charge < -0.3 is 5.32 Å². The van der Waals surface area contributed by atoms with Crippen LogP contribution in [-0.4, -0.2) is 20.1 Å². The van der Waals surface area contributed by atoms with Gasteiger partial charge in [0.05, 0.1) is 5.75 Å². The van der Waals surface area contributed by atoms with Crippen LogP contribution in [0.5, 0.6) is 0 Å². The van der Waals surface area contributed by atoms with E-state index in [0.29, 0.717) is 5.69 Å². The molecular weight excluding hydrogens is 310 g/mol. The Morgan fingerprint density at radius 3 is 2.30 bits per heavy atom. The maximum absolute atomic E-state index is 12.2. The van der Waals surface area contributed by atoms with Gasteiger partial charge in [0.15, 0.2) is 9.84 Å². The molecule has 122 valence electrons. The quantitative estimate of drug-likeness (QED) is 0.884. The van der Waals surface area contributed by atoms with Gasteiger partial charge in [-0.1, -0.05) is 43.3 Å². The second-order valence-corrected chi connectivity index (χ2v) is 7.62. The number of aryl methyl sites for hydroxylation is 2. The lowest BCUT2D eigenvalue weighted by atomic mass is 10.1. The predicted molar refractivity (Wildman–Crippen MR) is 93.1 cm³/mol. The van der Waals surface area contributed by atoms with Crippen LogP contribution in [0.15, 0.2) is 48.5 Å². The number of carbonyl (C=O) groups excluding carboxylic acids is 1.